The number of carbonyl (C=O) groups excluding carboxylic acids is 1. The first-order valence-corrected chi connectivity index (χ1v) is 8.31. The van der Waals surface area contributed by atoms with Crippen molar-refractivity contribution in [1.82, 2.24) is 0 Å². The van der Waals surface area contributed by atoms with E-state index in [4.69, 9.17) is 22.1 Å². The van der Waals surface area contributed by atoms with Crippen LogP contribution in [0.4, 0.5) is 5.69 Å². The third kappa shape index (κ3) is 3.10. The lowest BCUT2D eigenvalue weighted by atomic mass is 9.98. The lowest BCUT2D eigenvalue weighted by molar-refractivity contribution is 0.0607. The predicted octanol–water partition coefficient (Wildman–Crippen LogP) is 5.32. The van der Waals surface area contributed by atoms with Crippen LogP contribution in [0, 0.1) is 0 Å². The van der Waals surface area contributed by atoms with Gasteiger partial charge in [0.2, 0.25) is 0 Å². The summed E-state index contributed by atoms with van der Waals surface area (Å²) in [6.45, 7) is 4.10. The highest BCUT2D eigenvalue weighted by atomic mass is 79.9. The molecular formula is C15H15BrClNO2S. The van der Waals surface area contributed by atoms with Crippen LogP contribution in [-0.2, 0) is 4.74 Å². The summed E-state index contributed by atoms with van der Waals surface area (Å²) < 4.78 is 5.68. The Hall–Kier alpha value is -1.04. The maximum Gasteiger partial charge on any atom is 0.350 e. The molecule has 0 aliphatic carbocycles. The van der Waals surface area contributed by atoms with Crippen LogP contribution < -0.4 is 5.73 Å². The summed E-state index contributed by atoms with van der Waals surface area (Å²) >= 11 is 10.9. The van der Waals surface area contributed by atoms with E-state index in [1.165, 1.54) is 18.4 Å². The van der Waals surface area contributed by atoms with E-state index in [2.05, 4.69) is 15.9 Å². The highest BCUT2D eigenvalue weighted by Gasteiger charge is 2.24. The third-order valence-corrected chi connectivity index (χ3v) is 5.23. The fourth-order valence-electron chi connectivity index (χ4n) is 2.15. The van der Waals surface area contributed by atoms with Gasteiger partial charge in [0.05, 0.1) is 12.8 Å². The molecule has 2 rings (SSSR count). The second-order valence-corrected chi connectivity index (χ2v) is 7.17. The van der Waals surface area contributed by atoms with E-state index >= 15 is 0 Å². The number of anilines is 1. The Balaban J connectivity index is 2.70. The fourth-order valence-corrected chi connectivity index (χ4v) is 4.49. The van der Waals surface area contributed by atoms with E-state index in [0.29, 0.717) is 15.6 Å². The van der Waals surface area contributed by atoms with Crippen LogP contribution in [0.15, 0.2) is 22.7 Å². The molecule has 0 spiro atoms. The molecule has 0 atom stereocenters. The molecule has 1 heterocycles. The van der Waals surface area contributed by atoms with Gasteiger partial charge in [0.1, 0.15) is 4.88 Å². The lowest BCUT2D eigenvalue weighted by Gasteiger charge is -2.10. The van der Waals surface area contributed by atoms with Gasteiger partial charge < -0.3 is 10.5 Å². The first-order valence-electron chi connectivity index (χ1n) is 6.32. The lowest BCUT2D eigenvalue weighted by Crippen LogP contribution is -2.03. The van der Waals surface area contributed by atoms with E-state index in [9.17, 15) is 4.79 Å². The van der Waals surface area contributed by atoms with Crippen LogP contribution in [0.25, 0.3) is 10.4 Å². The molecule has 3 nitrogen and oxygen atoms in total. The zero-order valence-electron chi connectivity index (χ0n) is 11.9. The Labute approximate surface area is 141 Å². The first kappa shape index (κ1) is 16.3. The van der Waals surface area contributed by atoms with Crippen LogP contribution >= 0.6 is 38.9 Å². The van der Waals surface area contributed by atoms with E-state index in [0.717, 1.165) is 20.5 Å². The molecule has 2 aromatic rings. The Bertz CT molecular complexity index is 697. The van der Waals surface area contributed by atoms with E-state index < -0.39 is 5.97 Å². The molecule has 0 saturated heterocycles. The van der Waals surface area contributed by atoms with Crippen LogP contribution in [0.5, 0.6) is 0 Å². The standard InChI is InChI=1S/C15H15BrClNO2S/c1-7(2)11-12(18)14(15(19)20-3)21-13(11)9-5-4-8(17)6-10(9)16/h4-7H,18H2,1-3H3. The smallest absolute Gasteiger partial charge is 0.350 e. The van der Waals surface area contributed by atoms with Gasteiger partial charge in [-0.1, -0.05) is 47.4 Å². The number of halogens is 2. The zero-order chi connectivity index (χ0) is 15.7. The van der Waals surface area contributed by atoms with Crippen molar-refractivity contribution in [3.63, 3.8) is 0 Å². The van der Waals surface area contributed by atoms with Crippen molar-refractivity contribution in [3.8, 4) is 10.4 Å². The zero-order valence-corrected chi connectivity index (χ0v) is 15.0. The number of hydrogen-bond acceptors (Lipinski definition) is 4. The number of thiophene rings is 1. The number of benzene rings is 1. The molecule has 0 fully saturated rings. The minimum absolute atomic E-state index is 0.192. The summed E-state index contributed by atoms with van der Waals surface area (Å²) in [5.74, 6) is -0.215. The number of esters is 1. The van der Waals surface area contributed by atoms with E-state index in [1.54, 1.807) is 0 Å². The molecule has 2 N–H and O–H groups in total. The average Bonchev–Trinajstić information content (AvgIpc) is 2.75. The molecule has 0 unspecified atom stereocenters. The van der Waals surface area contributed by atoms with Crippen molar-refractivity contribution in [3.05, 3.63) is 38.1 Å². The van der Waals surface area contributed by atoms with Gasteiger partial charge in [-0.25, -0.2) is 4.79 Å². The predicted molar refractivity (Wildman–Crippen MR) is 92.3 cm³/mol. The van der Waals surface area contributed by atoms with Gasteiger partial charge in [-0.2, -0.15) is 0 Å². The number of ether oxygens (including phenoxy) is 1. The van der Waals surface area contributed by atoms with Crippen LogP contribution in [0.3, 0.4) is 0 Å². The van der Waals surface area contributed by atoms with Crippen molar-refractivity contribution >= 4 is 50.5 Å². The van der Waals surface area contributed by atoms with Crippen molar-refractivity contribution < 1.29 is 9.53 Å². The van der Waals surface area contributed by atoms with Crippen molar-refractivity contribution in [2.24, 2.45) is 0 Å². The van der Waals surface area contributed by atoms with Crippen LogP contribution in [0.1, 0.15) is 35.0 Å². The van der Waals surface area contributed by atoms with Gasteiger partial charge in [0.25, 0.3) is 0 Å². The molecule has 0 saturated carbocycles. The topological polar surface area (TPSA) is 52.3 Å². The monoisotopic (exact) mass is 387 g/mol. The van der Waals surface area contributed by atoms with Crippen molar-refractivity contribution in [2.45, 2.75) is 19.8 Å². The van der Waals surface area contributed by atoms with E-state index in [1.807, 2.05) is 32.0 Å². The largest absolute Gasteiger partial charge is 0.465 e. The quantitative estimate of drug-likeness (QED) is 0.724. The summed E-state index contributed by atoms with van der Waals surface area (Å²) in [6.07, 6.45) is 0. The van der Waals surface area contributed by atoms with Gasteiger partial charge >= 0.3 is 5.97 Å². The van der Waals surface area contributed by atoms with Crippen molar-refractivity contribution in [1.29, 1.82) is 0 Å². The molecule has 1 aromatic heterocycles. The molecule has 0 radical (unpaired) electrons. The molecule has 21 heavy (non-hydrogen) atoms. The maximum atomic E-state index is 11.9. The number of rotatable bonds is 3. The SMILES string of the molecule is COC(=O)c1sc(-c2ccc(Cl)cc2Br)c(C(C)C)c1N. The Morgan fingerprint density at radius 3 is 2.62 bits per heavy atom. The first-order chi connectivity index (χ1) is 9.86. The summed E-state index contributed by atoms with van der Waals surface area (Å²) in [4.78, 5) is 13.3. The second-order valence-electron chi connectivity index (χ2n) is 4.86. The maximum absolute atomic E-state index is 11.9. The van der Waals surface area contributed by atoms with Gasteiger partial charge in [-0.3, -0.25) is 0 Å². The van der Waals surface area contributed by atoms with Gasteiger partial charge in [0, 0.05) is 19.9 Å². The molecule has 0 bridgehead atoms. The normalized spacial score (nSPS) is 11.0. The van der Waals surface area contributed by atoms with Crippen molar-refractivity contribution in [2.75, 3.05) is 12.8 Å². The summed E-state index contributed by atoms with van der Waals surface area (Å²) in [6, 6.07) is 5.57. The third-order valence-electron chi connectivity index (χ3n) is 3.11. The minimum atomic E-state index is -0.407. The molecule has 0 aliphatic rings. The molecule has 0 aliphatic heterocycles. The molecule has 1 aromatic carbocycles. The highest BCUT2D eigenvalue weighted by molar-refractivity contribution is 9.10. The number of nitrogen functional groups attached to an aromatic ring is 1. The summed E-state index contributed by atoms with van der Waals surface area (Å²) in [5, 5.41) is 0.648. The van der Waals surface area contributed by atoms with Gasteiger partial charge in [-0.05, 0) is 23.6 Å². The Kier molecular flexibility index (Phi) is 4.96. The van der Waals surface area contributed by atoms with Gasteiger partial charge in [-0.15, -0.1) is 11.3 Å². The highest BCUT2D eigenvalue weighted by Crippen LogP contribution is 2.45. The number of methoxy groups -OCH3 is 1. The Morgan fingerprint density at radius 2 is 2.10 bits per heavy atom. The summed E-state index contributed by atoms with van der Waals surface area (Å²) in [5.41, 5.74) is 8.59. The second kappa shape index (κ2) is 6.38. The molecule has 0 amide bonds. The van der Waals surface area contributed by atoms with Crippen LogP contribution in [-0.4, -0.2) is 13.1 Å². The molecule has 112 valence electrons. The number of nitrogens with two attached hydrogens (primary N) is 1. The van der Waals surface area contributed by atoms with Gasteiger partial charge in [0.15, 0.2) is 0 Å². The number of hydrogen-bond donors (Lipinski definition) is 1. The minimum Gasteiger partial charge on any atom is -0.465 e. The van der Waals surface area contributed by atoms with E-state index in [-0.39, 0.29) is 5.92 Å². The Morgan fingerprint density at radius 1 is 1.43 bits per heavy atom. The molecule has 6 heteroatoms. The van der Waals surface area contributed by atoms with Crippen LogP contribution in [0.2, 0.25) is 5.02 Å². The number of carbonyl (C=O) groups is 1. The molecular weight excluding hydrogens is 374 g/mol. The summed E-state index contributed by atoms with van der Waals surface area (Å²) in [7, 11) is 1.36. The fraction of sp³-hybridized carbons (Fsp3) is 0.267. The average molecular weight is 389 g/mol.